The third kappa shape index (κ3) is 4.19. The molecule has 0 bridgehead atoms. The van der Waals surface area contributed by atoms with Crippen LogP contribution in [-0.2, 0) is 14.3 Å². The molecule has 0 unspecified atom stereocenters. The molecule has 6 heteroatoms. The number of carbonyl (C=O) groups excluding carboxylic acids is 2. The van der Waals surface area contributed by atoms with Crippen LogP contribution in [0.3, 0.4) is 0 Å². The first-order chi connectivity index (χ1) is 11.1. The Morgan fingerprint density at radius 3 is 2.83 bits per heavy atom. The van der Waals surface area contributed by atoms with E-state index in [0.29, 0.717) is 38.5 Å². The van der Waals surface area contributed by atoms with Gasteiger partial charge in [0.15, 0.2) is 0 Å². The number of ketones is 1. The van der Waals surface area contributed by atoms with Crippen LogP contribution in [0.4, 0.5) is 5.69 Å². The summed E-state index contributed by atoms with van der Waals surface area (Å²) in [4.78, 5) is 26.5. The van der Waals surface area contributed by atoms with Gasteiger partial charge in [-0.15, -0.1) is 0 Å². The zero-order chi connectivity index (χ0) is 16.2. The van der Waals surface area contributed by atoms with E-state index in [0.717, 1.165) is 23.0 Å². The van der Waals surface area contributed by atoms with E-state index in [4.69, 9.17) is 4.74 Å². The molecule has 1 amide bonds. The molecule has 1 N–H and O–H groups in total. The van der Waals surface area contributed by atoms with Crippen molar-refractivity contribution < 1.29 is 14.3 Å². The van der Waals surface area contributed by atoms with Crippen molar-refractivity contribution in [3.05, 3.63) is 28.7 Å². The summed E-state index contributed by atoms with van der Waals surface area (Å²) in [5.74, 6) is 0.291. The van der Waals surface area contributed by atoms with Gasteiger partial charge in [0.1, 0.15) is 5.78 Å². The summed E-state index contributed by atoms with van der Waals surface area (Å²) in [6.45, 7) is 2.15. The molecular formula is C17H21BrN2O3. The van der Waals surface area contributed by atoms with Crippen LogP contribution in [0.1, 0.15) is 19.3 Å². The van der Waals surface area contributed by atoms with Gasteiger partial charge < -0.3 is 10.1 Å². The first-order valence-electron chi connectivity index (χ1n) is 8.03. The molecule has 2 fully saturated rings. The molecule has 5 nitrogen and oxygen atoms in total. The summed E-state index contributed by atoms with van der Waals surface area (Å²) in [6.07, 6.45) is 2.54. The molecule has 1 aliphatic carbocycles. The predicted molar refractivity (Wildman–Crippen MR) is 91.3 cm³/mol. The van der Waals surface area contributed by atoms with Gasteiger partial charge in [0, 0.05) is 35.1 Å². The van der Waals surface area contributed by atoms with Crippen LogP contribution in [0.15, 0.2) is 28.7 Å². The SMILES string of the molecule is O=C(CN1CCOC[C@@H]1[C@H]1CCCC1=O)Nc1ccc(Br)cc1. The molecule has 2 atom stereocenters. The number of hydrogen-bond donors (Lipinski definition) is 1. The normalized spacial score (nSPS) is 25.5. The second-order valence-electron chi connectivity index (χ2n) is 6.13. The molecule has 1 heterocycles. The Morgan fingerprint density at radius 2 is 2.13 bits per heavy atom. The molecule has 1 aromatic rings. The predicted octanol–water partition coefficient (Wildman–Crippen LogP) is 2.46. The molecule has 1 aromatic carbocycles. The van der Waals surface area contributed by atoms with Crippen molar-refractivity contribution in [1.29, 1.82) is 0 Å². The van der Waals surface area contributed by atoms with Gasteiger partial charge in [-0.2, -0.15) is 0 Å². The summed E-state index contributed by atoms with van der Waals surface area (Å²) < 4.78 is 6.53. The fourth-order valence-corrected chi connectivity index (χ4v) is 3.66. The van der Waals surface area contributed by atoms with Crippen LogP contribution in [0.25, 0.3) is 0 Å². The Kier molecular flexibility index (Phi) is 5.46. The molecule has 0 aromatic heterocycles. The van der Waals surface area contributed by atoms with Crippen LogP contribution >= 0.6 is 15.9 Å². The molecule has 0 spiro atoms. The molecule has 1 aliphatic heterocycles. The molecular weight excluding hydrogens is 360 g/mol. The van der Waals surface area contributed by atoms with Gasteiger partial charge in [0.05, 0.1) is 19.8 Å². The van der Waals surface area contributed by atoms with Crippen molar-refractivity contribution in [3.63, 3.8) is 0 Å². The summed E-state index contributed by atoms with van der Waals surface area (Å²) in [5.41, 5.74) is 0.778. The van der Waals surface area contributed by atoms with E-state index in [1.807, 2.05) is 24.3 Å². The van der Waals surface area contributed by atoms with Crippen LogP contribution in [-0.4, -0.2) is 48.9 Å². The number of rotatable bonds is 4. The number of benzene rings is 1. The average Bonchev–Trinajstić information content (AvgIpc) is 2.96. The number of ether oxygens (including phenoxy) is 1. The van der Waals surface area contributed by atoms with Gasteiger partial charge in [0.2, 0.25) is 5.91 Å². The van der Waals surface area contributed by atoms with Crippen molar-refractivity contribution in [2.45, 2.75) is 25.3 Å². The van der Waals surface area contributed by atoms with Gasteiger partial charge >= 0.3 is 0 Å². The maximum absolute atomic E-state index is 12.3. The van der Waals surface area contributed by atoms with E-state index in [-0.39, 0.29) is 17.9 Å². The lowest BCUT2D eigenvalue weighted by atomic mass is 9.95. The average molecular weight is 381 g/mol. The van der Waals surface area contributed by atoms with Crippen molar-refractivity contribution >= 4 is 33.3 Å². The Morgan fingerprint density at radius 1 is 1.35 bits per heavy atom. The number of halogens is 1. The molecule has 3 rings (SSSR count). The molecule has 1 saturated heterocycles. The molecule has 1 saturated carbocycles. The zero-order valence-electron chi connectivity index (χ0n) is 13.0. The maximum atomic E-state index is 12.3. The van der Waals surface area contributed by atoms with Crippen molar-refractivity contribution in [3.8, 4) is 0 Å². The summed E-state index contributed by atoms with van der Waals surface area (Å²) in [6, 6.07) is 7.54. The Balaban J connectivity index is 1.61. The third-order valence-corrected chi connectivity index (χ3v) is 5.10. The Hall–Kier alpha value is -1.24. The number of carbonyl (C=O) groups is 2. The first-order valence-corrected chi connectivity index (χ1v) is 8.83. The number of amides is 1. The standard InChI is InChI=1S/C17H21BrN2O3/c18-12-4-6-13(7-5-12)19-17(22)10-20-8-9-23-11-15(20)14-2-1-3-16(14)21/h4-7,14-15H,1-3,8-11H2,(H,19,22)/t14-,15-/m1/s1. The smallest absolute Gasteiger partial charge is 0.238 e. The van der Waals surface area contributed by atoms with Gasteiger partial charge in [-0.25, -0.2) is 0 Å². The summed E-state index contributed by atoms with van der Waals surface area (Å²) in [5, 5.41) is 2.91. The van der Waals surface area contributed by atoms with E-state index in [9.17, 15) is 9.59 Å². The lowest BCUT2D eigenvalue weighted by molar-refractivity contribution is -0.128. The number of nitrogens with zero attached hydrogens (tertiary/aromatic N) is 1. The minimum absolute atomic E-state index is 0.0239. The highest BCUT2D eigenvalue weighted by Crippen LogP contribution is 2.29. The maximum Gasteiger partial charge on any atom is 0.238 e. The number of Topliss-reactive ketones (excluding diaryl/α,β-unsaturated/α-hetero) is 1. The molecule has 124 valence electrons. The lowest BCUT2D eigenvalue weighted by Gasteiger charge is -2.37. The number of anilines is 1. The second-order valence-corrected chi connectivity index (χ2v) is 7.05. The van der Waals surface area contributed by atoms with E-state index in [2.05, 4.69) is 26.1 Å². The fraction of sp³-hybridized carbons (Fsp3) is 0.529. The highest BCUT2D eigenvalue weighted by molar-refractivity contribution is 9.10. The zero-order valence-corrected chi connectivity index (χ0v) is 14.5. The minimum Gasteiger partial charge on any atom is -0.378 e. The van der Waals surface area contributed by atoms with Gasteiger partial charge in [-0.05, 0) is 37.1 Å². The second kappa shape index (κ2) is 7.55. The molecule has 23 heavy (non-hydrogen) atoms. The van der Waals surface area contributed by atoms with Crippen molar-refractivity contribution in [1.82, 2.24) is 4.90 Å². The highest BCUT2D eigenvalue weighted by Gasteiger charge is 2.37. The highest BCUT2D eigenvalue weighted by atomic mass is 79.9. The van der Waals surface area contributed by atoms with Crippen molar-refractivity contribution in [2.75, 3.05) is 31.6 Å². The van der Waals surface area contributed by atoms with E-state index < -0.39 is 0 Å². The summed E-state index contributed by atoms with van der Waals surface area (Å²) in [7, 11) is 0. The number of morpholine rings is 1. The van der Waals surface area contributed by atoms with Crippen LogP contribution in [0.5, 0.6) is 0 Å². The van der Waals surface area contributed by atoms with Gasteiger partial charge in [-0.3, -0.25) is 14.5 Å². The lowest BCUT2D eigenvalue weighted by Crippen LogP contribution is -2.52. The first kappa shape index (κ1) is 16.6. The largest absolute Gasteiger partial charge is 0.378 e. The van der Waals surface area contributed by atoms with Crippen LogP contribution in [0, 0.1) is 5.92 Å². The number of nitrogens with one attached hydrogen (secondary N) is 1. The van der Waals surface area contributed by atoms with Crippen LogP contribution < -0.4 is 5.32 Å². The Bertz CT molecular complexity index is 576. The van der Waals surface area contributed by atoms with E-state index >= 15 is 0 Å². The molecule has 2 aliphatic rings. The van der Waals surface area contributed by atoms with E-state index in [1.165, 1.54) is 0 Å². The monoisotopic (exact) mass is 380 g/mol. The Labute approximate surface area is 144 Å². The fourth-order valence-electron chi connectivity index (χ4n) is 3.39. The minimum atomic E-state index is -0.0512. The quantitative estimate of drug-likeness (QED) is 0.871. The van der Waals surface area contributed by atoms with Crippen LogP contribution in [0.2, 0.25) is 0 Å². The van der Waals surface area contributed by atoms with Gasteiger partial charge in [0.25, 0.3) is 0 Å². The third-order valence-electron chi connectivity index (χ3n) is 4.57. The summed E-state index contributed by atoms with van der Waals surface area (Å²) >= 11 is 3.38. The van der Waals surface area contributed by atoms with Gasteiger partial charge in [-0.1, -0.05) is 15.9 Å². The van der Waals surface area contributed by atoms with E-state index in [1.54, 1.807) is 0 Å². The topological polar surface area (TPSA) is 58.6 Å². The van der Waals surface area contributed by atoms with Crippen molar-refractivity contribution in [2.24, 2.45) is 5.92 Å². The molecule has 0 radical (unpaired) electrons. The number of hydrogen-bond acceptors (Lipinski definition) is 4.